The van der Waals surface area contributed by atoms with Crippen molar-refractivity contribution in [3.8, 4) is 0 Å². The molecule has 0 atom stereocenters. The van der Waals surface area contributed by atoms with Gasteiger partial charge in [0.2, 0.25) is 0 Å². The van der Waals surface area contributed by atoms with Gasteiger partial charge in [-0.2, -0.15) is 10.1 Å². The maximum Gasteiger partial charge on any atom is 0.284 e. The highest BCUT2D eigenvalue weighted by Gasteiger charge is 2.29. The van der Waals surface area contributed by atoms with Crippen LogP contribution < -0.4 is 5.01 Å². The van der Waals surface area contributed by atoms with E-state index in [0.717, 1.165) is 0 Å². The van der Waals surface area contributed by atoms with Crippen molar-refractivity contribution >= 4 is 68.2 Å². The summed E-state index contributed by atoms with van der Waals surface area (Å²) in [7, 11) is 0. The van der Waals surface area contributed by atoms with E-state index in [1.165, 1.54) is 11.1 Å². The van der Waals surface area contributed by atoms with E-state index in [4.69, 9.17) is 23.2 Å². The average molecular weight is 455 g/mol. The molecule has 1 heterocycles. The molecule has 0 saturated carbocycles. The lowest BCUT2D eigenvalue weighted by atomic mass is 10.1. The Morgan fingerprint density at radius 1 is 1.19 bits per heavy atom. The van der Waals surface area contributed by atoms with E-state index in [-0.39, 0.29) is 11.6 Å². The first-order valence-electron chi connectivity index (χ1n) is 7.28. The molecule has 0 saturated heterocycles. The van der Waals surface area contributed by atoms with Crippen LogP contribution in [0.25, 0.3) is 6.08 Å². The Balaban J connectivity index is 1.97. The number of carbonyl (C=O) groups is 1. The van der Waals surface area contributed by atoms with Crippen molar-refractivity contribution in [3.63, 3.8) is 0 Å². The first kappa shape index (κ1) is 18.6. The lowest BCUT2D eigenvalue weighted by Crippen LogP contribution is -2.21. The van der Waals surface area contributed by atoms with Crippen molar-refractivity contribution in [3.05, 3.63) is 72.2 Å². The second kappa shape index (κ2) is 7.19. The molecule has 132 valence electrons. The van der Waals surface area contributed by atoms with Gasteiger partial charge in [0.25, 0.3) is 11.6 Å². The molecule has 2 aromatic rings. The molecule has 0 aromatic heterocycles. The van der Waals surface area contributed by atoms with Crippen molar-refractivity contribution in [1.29, 1.82) is 0 Å². The Bertz CT molecular complexity index is 1000. The third-order valence-electron chi connectivity index (χ3n) is 3.69. The number of rotatable bonds is 3. The highest BCUT2D eigenvalue weighted by atomic mass is 79.9. The Kier molecular flexibility index (Phi) is 5.13. The predicted molar refractivity (Wildman–Crippen MR) is 106 cm³/mol. The molecule has 1 aliphatic rings. The summed E-state index contributed by atoms with van der Waals surface area (Å²) in [4.78, 5) is 23.3. The van der Waals surface area contributed by atoms with Gasteiger partial charge in [-0.05, 0) is 58.8 Å². The maximum absolute atomic E-state index is 12.7. The predicted octanol–water partition coefficient (Wildman–Crippen LogP) is 5.47. The molecule has 0 radical (unpaired) electrons. The van der Waals surface area contributed by atoms with Crippen LogP contribution in [-0.2, 0) is 4.79 Å². The van der Waals surface area contributed by atoms with Gasteiger partial charge in [0.05, 0.1) is 36.4 Å². The van der Waals surface area contributed by atoms with E-state index in [0.29, 0.717) is 37.1 Å². The summed E-state index contributed by atoms with van der Waals surface area (Å²) in [6, 6.07) is 9.39. The highest BCUT2D eigenvalue weighted by molar-refractivity contribution is 9.10. The number of carbonyl (C=O) groups excluding carboxylic acids is 1. The molecule has 1 amide bonds. The van der Waals surface area contributed by atoms with Crippen molar-refractivity contribution in [1.82, 2.24) is 0 Å². The van der Waals surface area contributed by atoms with Gasteiger partial charge >= 0.3 is 0 Å². The third-order valence-corrected chi connectivity index (χ3v) is 5.10. The molecule has 0 unspecified atom stereocenters. The zero-order valence-electron chi connectivity index (χ0n) is 13.2. The van der Waals surface area contributed by atoms with Crippen molar-refractivity contribution in [2.45, 2.75) is 6.92 Å². The van der Waals surface area contributed by atoms with Crippen LogP contribution in [0.5, 0.6) is 0 Å². The summed E-state index contributed by atoms with van der Waals surface area (Å²) in [5.74, 6) is -0.355. The normalized spacial score (nSPS) is 15.5. The number of hydrogen-bond donors (Lipinski definition) is 0. The maximum atomic E-state index is 12.7. The molecule has 0 fully saturated rings. The second-order valence-corrected chi connectivity index (χ2v) is 7.10. The Hall–Kier alpha value is -2.22. The Labute approximate surface area is 167 Å². The number of nitro groups is 1. The van der Waals surface area contributed by atoms with E-state index < -0.39 is 4.92 Å². The fourth-order valence-electron chi connectivity index (χ4n) is 2.40. The van der Waals surface area contributed by atoms with Crippen molar-refractivity contribution in [2.24, 2.45) is 5.10 Å². The fraction of sp³-hybridized carbons (Fsp3) is 0.0588. The quantitative estimate of drug-likeness (QED) is 0.350. The molecule has 0 bridgehead atoms. The fourth-order valence-corrected chi connectivity index (χ4v) is 3.09. The lowest BCUT2D eigenvalue weighted by Gasteiger charge is -2.12. The second-order valence-electron chi connectivity index (χ2n) is 5.43. The number of nitro benzene ring substituents is 1. The van der Waals surface area contributed by atoms with E-state index in [9.17, 15) is 14.9 Å². The first-order chi connectivity index (χ1) is 12.3. The molecule has 9 heteroatoms. The topological polar surface area (TPSA) is 75.8 Å². The summed E-state index contributed by atoms with van der Waals surface area (Å²) >= 11 is 15.0. The number of hydrogen-bond acceptors (Lipinski definition) is 4. The van der Waals surface area contributed by atoms with Crippen LogP contribution in [0.1, 0.15) is 12.5 Å². The Morgan fingerprint density at radius 2 is 1.92 bits per heavy atom. The van der Waals surface area contributed by atoms with Gasteiger partial charge < -0.3 is 0 Å². The van der Waals surface area contributed by atoms with Crippen molar-refractivity contribution < 1.29 is 9.72 Å². The zero-order chi connectivity index (χ0) is 19.0. The van der Waals surface area contributed by atoms with Crippen LogP contribution in [0.4, 0.5) is 11.4 Å². The molecule has 2 aromatic carbocycles. The lowest BCUT2D eigenvalue weighted by molar-refractivity contribution is -0.385. The van der Waals surface area contributed by atoms with Gasteiger partial charge in [-0.3, -0.25) is 14.9 Å². The monoisotopic (exact) mass is 453 g/mol. The van der Waals surface area contributed by atoms with Crippen LogP contribution in [0.3, 0.4) is 0 Å². The van der Waals surface area contributed by atoms with Crippen LogP contribution in [0.2, 0.25) is 10.0 Å². The first-order valence-corrected chi connectivity index (χ1v) is 8.83. The number of halogens is 3. The molecule has 0 N–H and O–H groups in total. The number of nitrogens with zero attached hydrogens (tertiary/aromatic N) is 3. The van der Waals surface area contributed by atoms with Gasteiger partial charge in [-0.25, -0.2) is 0 Å². The Morgan fingerprint density at radius 3 is 2.58 bits per heavy atom. The summed E-state index contributed by atoms with van der Waals surface area (Å²) in [5, 5.41) is 17.2. The summed E-state index contributed by atoms with van der Waals surface area (Å²) in [6.07, 6.45) is 1.57. The summed E-state index contributed by atoms with van der Waals surface area (Å²) < 4.78 is 0.366. The minimum absolute atomic E-state index is 0.0827. The van der Waals surface area contributed by atoms with E-state index in [1.54, 1.807) is 43.3 Å². The average Bonchev–Trinajstić information content (AvgIpc) is 2.87. The van der Waals surface area contributed by atoms with Crippen LogP contribution in [0, 0.1) is 10.1 Å². The minimum Gasteiger partial charge on any atom is -0.267 e. The SMILES string of the molecule is CC1=NN(c2ccc(Cl)c(Cl)c2)C(=O)C1=Cc1ccc(Br)c([N+](=O)[O-])c1. The van der Waals surface area contributed by atoms with Gasteiger partial charge in [-0.15, -0.1) is 0 Å². The smallest absolute Gasteiger partial charge is 0.267 e. The number of benzene rings is 2. The van der Waals surface area contributed by atoms with E-state index in [2.05, 4.69) is 21.0 Å². The zero-order valence-corrected chi connectivity index (χ0v) is 16.3. The van der Waals surface area contributed by atoms with Gasteiger partial charge in [0, 0.05) is 6.07 Å². The number of hydrazone groups is 1. The number of amides is 1. The molecule has 0 spiro atoms. The highest BCUT2D eigenvalue weighted by Crippen LogP contribution is 2.32. The van der Waals surface area contributed by atoms with E-state index >= 15 is 0 Å². The van der Waals surface area contributed by atoms with Crippen LogP contribution in [0.15, 0.2) is 51.5 Å². The van der Waals surface area contributed by atoms with Crippen molar-refractivity contribution in [2.75, 3.05) is 5.01 Å². The molecule has 1 aliphatic heterocycles. The molecular weight excluding hydrogens is 445 g/mol. The molecule has 3 rings (SSSR count). The third kappa shape index (κ3) is 3.51. The number of anilines is 1. The van der Waals surface area contributed by atoms with E-state index in [1.807, 2.05) is 0 Å². The molecule has 6 nitrogen and oxygen atoms in total. The molecule has 26 heavy (non-hydrogen) atoms. The molecule has 0 aliphatic carbocycles. The largest absolute Gasteiger partial charge is 0.284 e. The van der Waals surface area contributed by atoms with Gasteiger partial charge in [0.15, 0.2) is 0 Å². The van der Waals surface area contributed by atoms with Gasteiger partial charge in [-0.1, -0.05) is 29.3 Å². The van der Waals surface area contributed by atoms with Crippen LogP contribution >= 0.6 is 39.1 Å². The van der Waals surface area contributed by atoms with Crippen LogP contribution in [-0.4, -0.2) is 16.5 Å². The summed E-state index contributed by atoms with van der Waals surface area (Å²) in [6.45, 7) is 1.69. The van der Waals surface area contributed by atoms with Gasteiger partial charge in [0.1, 0.15) is 0 Å². The standard InChI is InChI=1S/C17H10BrCl2N3O3/c1-9-12(6-10-2-4-13(18)16(7-10)23(25)26)17(24)22(21-9)11-3-5-14(19)15(20)8-11/h2-8H,1H3. The molecular formula is C17H10BrCl2N3O3. The summed E-state index contributed by atoms with van der Waals surface area (Å²) in [5.41, 5.74) is 1.75. The minimum atomic E-state index is -0.495.